The summed E-state index contributed by atoms with van der Waals surface area (Å²) >= 11 is 6.26. The lowest BCUT2D eigenvalue weighted by Gasteiger charge is -2.11. The quantitative estimate of drug-likeness (QED) is 0.338. The van der Waals surface area contributed by atoms with Crippen LogP contribution in [0.4, 0.5) is 5.69 Å². The summed E-state index contributed by atoms with van der Waals surface area (Å²) in [7, 11) is -3.40. The first-order valence-electron chi connectivity index (χ1n) is 9.47. The lowest BCUT2D eigenvalue weighted by atomic mass is 10.2. The zero-order chi connectivity index (χ0) is 23.3. The Labute approximate surface area is 191 Å². The average molecular weight is 473 g/mol. The summed E-state index contributed by atoms with van der Waals surface area (Å²) in [4.78, 5) is 4.51. The number of para-hydroxylation sites is 1. The first-order valence-corrected chi connectivity index (χ1v) is 11.7. The van der Waals surface area contributed by atoms with Crippen molar-refractivity contribution in [3.05, 3.63) is 77.9 Å². The molecule has 0 aliphatic heterocycles. The van der Waals surface area contributed by atoms with E-state index in [4.69, 9.17) is 26.3 Å². The minimum absolute atomic E-state index is 0.000210. The maximum atomic E-state index is 11.9. The van der Waals surface area contributed by atoms with Crippen molar-refractivity contribution in [2.45, 2.75) is 11.8 Å². The van der Waals surface area contributed by atoms with Gasteiger partial charge in [-0.15, -0.1) is 0 Å². The molecule has 0 atom stereocenters. The van der Waals surface area contributed by atoms with Gasteiger partial charge >= 0.3 is 0 Å². The summed E-state index contributed by atoms with van der Waals surface area (Å²) in [6.07, 6.45) is 2.56. The lowest BCUT2D eigenvalue weighted by Crippen LogP contribution is -2.06. The van der Waals surface area contributed by atoms with Gasteiger partial charge in [0.2, 0.25) is 5.82 Å². The SMILES string of the molecule is C=C(OCC)C(=N)/C=C(\Nc1ccccc1Cl)c1nc(-c2cccc(S(C)(=O)=O)c2)no1. The molecule has 0 bridgehead atoms. The van der Waals surface area contributed by atoms with Gasteiger partial charge < -0.3 is 14.6 Å². The normalized spacial score (nSPS) is 11.8. The predicted octanol–water partition coefficient (Wildman–Crippen LogP) is 4.82. The standard InChI is InChI=1S/C22H21ClN4O4S/c1-4-30-14(2)18(24)13-20(25-19-11-6-5-10-17(19)23)22-26-21(27-31-22)15-8-7-9-16(12-15)32(3,28)29/h5-13,24-25H,2,4H2,1,3H3/b20-13-,24-18?. The van der Waals surface area contributed by atoms with Gasteiger partial charge in [0, 0.05) is 11.8 Å². The highest BCUT2D eigenvalue weighted by atomic mass is 35.5. The van der Waals surface area contributed by atoms with E-state index in [-0.39, 0.29) is 28.1 Å². The van der Waals surface area contributed by atoms with Gasteiger partial charge in [-0.2, -0.15) is 4.98 Å². The number of hydrogen-bond donors (Lipinski definition) is 2. The van der Waals surface area contributed by atoms with Crippen LogP contribution in [0.2, 0.25) is 5.02 Å². The van der Waals surface area contributed by atoms with E-state index in [0.29, 0.717) is 28.6 Å². The summed E-state index contributed by atoms with van der Waals surface area (Å²) < 4.78 is 34.4. The van der Waals surface area contributed by atoms with Crippen LogP contribution in [0.15, 0.2) is 76.4 Å². The molecule has 1 aromatic heterocycles. The molecule has 0 saturated carbocycles. The van der Waals surface area contributed by atoms with E-state index in [1.54, 1.807) is 43.3 Å². The summed E-state index contributed by atoms with van der Waals surface area (Å²) in [5.74, 6) is 0.429. The van der Waals surface area contributed by atoms with Crippen molar-refractivity contribution in [1.29, 1.82) is 5.41 Å². The molecule has 0 aliphatic rings. The zero-order valence-electron chi connectivity index (χ0n) is 17.4. The summed E-state index contributed by atoms with van der Waals surface area (Å²) in [6, 6.07) is 13.3. The van der Waals surface area contributed by atoms with Crippen molar-refractivity contribution in [2.24, 2.45) is 0 Å². The fourth-order valence-electron chi connectivity index (χ4n) is 2.65. The number of hydrogen-bond acceptors (Lipinski definition) is 8. The first kappa shape index (κ1) is 23.2. The Balaban J connectivity index is 2.01. The molecule has 0 amide bonds. The van der Waals surface area contributed by atoms with Gasteiger partial charge in [0.25, 0.3) is 5.89 Å². The van der Waals surface area contributed by atoms with E-state index in [9.17, 15) is 8.42 Å². The Hall–Kier alpha value is -3.43. The van der Waals surface area contributed by atoms with E-state index < -0.39 is 9.84 Å². The third kappa shape index (κ3) is 5.63. The van der Waals surface area contributed by atoms with E-state index in [1.165, 1.54) is 18.2 Å². The number of anilines is 1. The second kappa shape index (κ2) is 9.80. The van der Waals surface area contributed by atoms with Crippen molar-refractivity contribution < 1.29 is 17.7 Å². The maximum absolute atomic E-state index is 11.9. The molecule has 1 heterocycles. The van der Waals surface area contributed by atoms with Crippen molar-refractivity contribution in [3.63, 3.8) is 0 Å². The van der Waals surface area contributed by atoms with Gasteiger partial charge in [0.15, 0.2) is 9.84 Å². The molecule has 0 saturated heterocycles. The summed E-state index contributed by atoms with van der Waals surface area (Å²) in [6.45, 7) is 5.89. The lowest BCUT2D eigenvalue weighted by molar-refractivity contribution is 0.251. The van der Waals surface area contributed by atoms with Crippen molar-refractivity contribution in [3.8, 4) is 11.4 Å². The molecular weight excluding hydrogens is 452 g/mol. The van der Waals surface area contributed by atoms with Crippen LogP contribution in [-0.2, 0) is 14.6 Å². The first-order chi connectivity index (χ1) is 15.2. The minimum atomic E-state index is -3.40. The van der Waals surface area contributed by atoms with E-state index in [2.05, 4.69) is 22.0 Å². The predicted molar refractivity (Wildman–Crippen MR) is 124 cm³/mol. The van der Waals surface area contributed by atoms with Gasteiger partial charge in [0.05, 0.1) is 27.9 Å². The topological polar surface area (TPSA) is 118 Å². The summed E-state index contributed by atoms with van der Waals surface area (Å²) in [5.41, 5.74) is 1.32. The third-order valence-corrected chi connectivity index (χ3v) is 5.67. The van der Waals surface area contributed by atoms with Crippen LogP contribution < -0.4 is 5.32 Å². The highest BCUT2D eigenvalue weighted by Gasteiger charge is 2.17. The Morgan fingerprint density at radius 3 is 2.72 bits per heavy atom. The molecule has 10 heteroatoms. The van der Waals surface area contributed by atoms with Crippen LogP contribution in [-0.4, -0.2) is 37.1 Å². The smallest absolute Gasteiger partial charge is 0.274 e. The van der Waals surface area contributed by atoms with E-state index in [0.717, 1.165) is 6.26 Å². The number of halogens is 1. The molecule has 0 spiro atoms. The number of allylic oxidation sites excluding steroid dienone is 1. The Morgan fingerprint density at radius 2 is 2.03 bits per heavy atom. The molecule has 32 heavy (non-hydrogen) atoms. The van der Waals surface area contributed by atoms with E-state index in [1.807, 2.05) is 0 Å². The molecule has 166 valence electrons. The third-order valence-electron chi connectivity index (χ3n) is 4.23. The molecule has 3 aromatic rings. The zero-order valence-corrected chi connectivity index (χ0v) is 19.0. The van der Waals surface area contributed by atoms with Crippen LogP contribution in [0.1, 0.15) is 12.8 Å². The Bertz CT molecular complexity index is 1300. The van der Waals surface area contributed by atoms with E-state index >= 15 is 0 Å². The fourth-order valence-corrected chi connectivity index (χ4v) is 3.50. The average Bonchev–Trinajstić information content (AvgIpc) is 3.24. The maximum Gasteiger partial charge on any atom is 0.274 e. The van der Waals surface area contributed by atoms with Gasteiger partial charge in [-0.05, 0) is 37.3 Å². The molecule has 2 N–H and O–H groups in total. The number of rotatable bonds is 9. The van der Waals surface area contributed by atoms with Crippen LogP contribution in [0.3, 0.4) is 0 Å². The number of sulfone groups is 1. The Morgan fingerprint density at radius 1 is 1.28 bits per heavy atom. The molecular formula is C22H21ClN4O4S. The summed E-state index contributed by atoms with van der Waals surface area (Å²) in [5, 5.41) is 15.7. The van der Waals surface area contributed by atoms with Crippen LogP contribution >= 0.6 is 11.6 Å². The molecule has 0 unspecified atom stereocenters. The molecule has 3 rings (SSSR count). The number of nitrogens with one attached hydrogen (secondary N) is 2. The minimum Gasteiger partial charge on any atom is -0.492 e. The van der Waals surface area contributed by atoms with Crippen LogP contribution in [0, 0.1) is 5.41 Å². The fraction of sp³-hybridized carbons (Fsp3) is 0.136. The Kier molecular flexibility index (Phi) is 7.12. The van der Waals surface area contributed by atoms with Gasteiger partial charge in [0.1, 0.15) is 11.5 Å². The number of benzene rings is 2. The van der Waals surface area contributed by atoms with Crippen molar-refractivity contribution in [2.75, 3.05) is 18.2 Å². The molecule has 0 fully saturated rings. The largest absolute Gasteiger partial charge is 0.492 e. The van der Waals surface area contributed by atoms with Gasteiger partial charge in [-0.1, -0.05) is 47.6 Å². The number of aromatic nitrogens is 2. The van der Waals surface area contributed by atoms with Gasteiger partial charge in [-0.3, -0.25) is 5.41 Å². The molecule has 8 nitrogen and oxygen atoms in total. The molecule has 2 aromatic carbocycles. The monoisotopic (exact) mass is 472 g/mol. The second-order valence-electron chi connectivity index (χ2n) is 6.66. The molecule has 0 radical (unpaired) electrons. The second-order valence-corrected chi connectivity index (χ2v) is 9.08. The van der Waals surface area contributed by atoms with Crippen LogP contribution in [0.5, 0.6) is 0 Å². The van der Waals surface area contributed by atoms with Crippen molar-refractivity contribution in [1.82, 2.24) is 10.1 Å². The van der Waals surface area contributed by atoms with Crippen LogP contribution in [0.25, 0.3) is 17.1 Å². The highest BCUT2D eigenvalue weighted by Crippen LogP contribution is 2.27. The number of ether oxygens (including phenoxy) is 1. The molecule has 0 aliphatic carbocycles. The highest BCUT2D eigenvalue weighted by molar-refractivity contribution is 7.90. The van der Waals surface area contributed by atoms with Crippen molar-refractivity contribution >= 4 is 38.5 Å². The number of nitrogens with zero attached hydrogens (tertiary/aromatic N) is 2. The van der Waals surface area contributed by atoms with Gasteiger partial charge in [-0.25, -0.2) is 8.42 Å².